The average molecular weight is 513 g/mol. The third kappa shape index (κ3) is 5.65. The van der Waals surface area contributed by atoms with Crippen LogP contribution in [-0.2, 0) is 19.3 Å². The van der Waals surface area contributed by atoms with E-state index in [0.29, 0.717) is 30.9 Å². The van der Waals surface area contributed by atoms with E-state index in [9.17, 15) is 20.4 Å². The predicted molar refractivity (Wildman–Crippen MR) is 146 cm³/mol. The molecule has 4 aromatic rings. The van der Waals surface area contributed by atoms with Crippen molar-refractivity contribution in [1.82, 2.24) is 0 Å². The van der Waals surface area contributed by atoms with Gasteiger partial charge in [0, 0.05) is 29.5 Å². The molecule has 1 heterocycles. The molecular formula is C32H32O6. The first-order valence-electron chi connectivity index (χ1n) is 12.8. The van der Waals surface area contributed by atoms with Gasteiger partial charge >= 0.3 is 0 Å². The molecule has 2 atom stereocenters. The highest BCUT2D eigenvalue weighted by Gasteiger charge is 2.26. The number of aryl methyl sites for hydroxylation is 1. The maximum Gasteiger partial charge on any atom is 0.126 e. The predicted octanol–water partition coefficient (Wildman–Crippen LogP) is 6.08. The standard InChI is InChI=1S/C32H32O6/c1-37-31-17-27(35)12-6-23(31)7-13-28(22-4-10-26(34)11-5-22)29-16-24-15-21(19-38-32(24)18-30(29)36)14-20-2-8-25(33)9-3-20/h2-6,8-12,16-18,21,28,33-36H,7,13-15,19H2,1H3. The Morgan fingerprint density at radius 1 is 0.842 bits per heavy atom. The van der Waals surface area contributed by atoms with Gasteiger partial charge in [-0.25, -0.2) is 0 Å². The molecule has 4 aromatic carbocycles. The zero-order valence-corrected chi connectivity index (χ0v) is 21.3. The largest absolute Gasteiger partial charge is 0.508 e. The van der Waals surface area contributed by atoms with Gasteiger partial charge in [0.1, 0.15) is 34.5 Å². The highest BCUT2D eigenvalue weighted by Crippen LogP contribution is 2.42. The lowest BCUT2D eigenvalue weighted by atomic mass is 9.83. The lowest BCUT2D eigenvalue weighted by molar-refractivity contribution is 0.220. The van der Waals surface area contributed by atoms with Gasteiger partial charge in [-0.05, 0) is 84.3 Å². The van der Waals surface area contributed by atoms with E-state index in [4.69, 9.17) is 9.47 Å². The minimum Gasteiger partial charge on any atom is -0.508 e. The van der Waals surface area contributed by atoms with Crippen molar-refractivity contribution < 1.29 is 29.9 Å². The summed E-state index contributed by atoms with van der Waals surface area (Å²) in [6, 6.07) is 23.3. The van der Waals surface area contributed by atoms with E-state index < -0.39 is 0 Å². The van der Waals surface area contributed by atoms with Crippen molar-refractivity contribution in [1.29, 1.82) is 0 Å². The fourth-order valence-electron chi connectivity index (χ4n) is 5.33. The monoisotopic (exact) mass is 512 g/mol. The second-order valence-corrected chi connectivity index (χ2v) is 9.95. The zero-order chi connectivity index (χ0) is 26.6. The number of phenolic OH excluding ortho intramolecular Hbond substituents is 4. The van der Waals surface area contributed by atoms with Crippen molar-refractivity contribution >= 4 is 0 Å². The van der Waals surface area contributed by atoms with Gasteiger partial charge in [-0.2, -0.15) is 0 Å². The highest BCUT2D eigenvalue weighted by molar-refractivity contribution is 5.51. The summed E-state index contributed by atoms with van der Waals surface area (Å²) in [4.78, 5) is 0. The Hall–Kier alpha value is -4.32. The Morgan fingerprint density at radius 2 is 1.53 bits per heavy atom. The molecule has 4 N–H and O–H groups in total. The Morgan fingerprint density at radius 3 is 2.24 bits per heavy atom. The minimum atomic E-state index is -0.142. The van der Waals surface area contributed by atoms with E-state index in [2.05, 4.69) is 6.07 Å². The van der Waals surface area contributed by atoms with Crippen LogP contribution in [0, 0.1) is 5.92 Å². The smallest absolute Gasteiger partial charge is 0.126 e. The van der Waals surface area contributed by atoms with Crippen LogP contribution >= 0.6 is 0 Å². The molecule has 1 aliphatic rings. The quantitative estimate of drug-likeness (QED) is 0.229. The molecule has 0 aliphatic carbocycles. The van der Waals surface area contributed by atoms with E-state index in [-0.39, 0.29) is 34.8 Å². The lowest BCUT2D eigenvalue weighted by Gasteiger charge is -2.28. The maximum absolute atomic E-state index is 11.1. The number of rotatable bonds is 8. The van der Waals surface area contributed by atoms with Gasteiger partial charge in [0.2, 0.25) is 0 Å². The van der Waals surface area contributed by atoms with Crippen molar-refractivity contribution in [3.8, 4) is 34.5 Å². The molecule has 196 valence electrons. The molecule has 0 fully saturated rings. The van der Waals surface area contributed by atoms with Crippen molar-refractivity contribution in [3.63, 3.8) is 0 Å². The van der Waals surface area contributed by atoms with Crippen molar-refractivity contribution in [2.45, 2.75) is 31.6 Å². The van der Waals surface area contributed by atoms with Crippen LogP contribution in [0.25, 0.3) is 0 Å². The first-order valence-corrected chi connectivity index (χ1v) is 12.8. The van der Waals surface area contributed by atoms with Crippen LogP contribution in [-0.4, -0.2) is 34.1 Å². The normalized spacial score (nSPS) is 15.3. The summed E-state index contributed by atoms with van der Waals surface area (Å²) in [5.74, 6) is 2.23. The summed E-state index contributed by atoms with van der Waals surface area (Å²) in [6.45, 7) is 0.564. The summed E-state index contributed by atoms with van der Waals surface area (Å²) in [6.07, 6.45) is 2.98. The summed E-state index contributed by atoms with van der Waals surface area (Å²) in [7, 11) is 1.58. The molecule has 0 spiro atoms. The van der Waals surface area contributed by atoms with Crippen LogP contribution in [0.1, 0.15) is 40.2 Å². The summed E-state index contributed by atoms with van der Waals surface area (Å²) < 4.78 is 11.5. The van der Waals surface area contributed by atoms with Gasteiger partial charge in [-0.1, -0.05) is 30.3 Å². The SMILES string of the molecule is COc1cc(O)ccc1CCC(c1ccc(O)cc1)c1cc2c(cc1O)OCC(Cc1ccc(O)cc1)C2. The van der Waals surface area contributed by atoms with E-state index >= 15 is 0 Å². The third-order valence-corrected chi connectivity index (χ3v) is 7.30. The molecule has 1 aliphatic heterocycles. The molecule has 0 aromatic heterocycles. The van der Waals surface area contributed by atoms with Gasteiger partial charge in [0.05, 0.1) is 13.7 Å². The molecule has 6 heteroatoms. The number of hydrogen-bond acceptors (Lipinski definition) is 6. The molecule has 0 radical (unpaired) electrons. The number of benzene rings is 4. The Balaban J connectivity index is 1.44. The van der Waals surface area contributed by atoms with Gasteiger partial charge in [-0.15, -0.1) is 0 Å². The number of methoxy groups -OCH3 is 1. The number of phenols is 4. The second kappa shape index (κ2) is 11.0. The van der Waals surface area contributed by atoms with Gasteiger partial charge in [0.15, 0.2) is 0 Å². The topological polar surface area (TPSA) is 99.4 Å². The molecule has 2 unspecified atom stereocenters. The van der Waals surface area contributed by atoms with Gasteiger partial charge in [-0.3, -0.25) is 0 Å². The van der Waals surface area contributed by atoms with Gasteiger partial charge < -0.3 is 29.9 Å². The summed E-state index contributed by atoms with van der Waals surface area (Å²) >= 11 is 0. The van der Waals surface area contributed by atoms with Crippen LogP contribution in [0.4, 0.5) is 0 Å². The van der Waals surface area contributed by atoms with E-state index in [1.165, 1.54) is 0 Å². The van der Waals surface area contributed by atoms with Crippen molar-refractivity contribution in [2.75, 3.05) is 13.7 Å². The zero-order valence-electron chi connectivity index (χ0n) is 21.3. The highest BCUT2D eigenvalue weighted by atomic mass is 16.5. The number of aromatic hydroxyl groups is 4. The van der Waals surface area contributed by atoms with Crippen LogP contribution in [0.15, 0.2) is 78.9 Å². The van der Waals surface area contributed by atoms with Crippen LogP contribution in [0.2, 0.25) is 0 Å². The molecule has 0 saturated heterocycles. The second-order valence-electron chi connectivity index (χ2n) is 9.95. The van der Waals surface area contributed by atoms with E-state index in [0.717, 1.165) is 40.7 Å². The first kappa shape index (κ1) is 25.3. The van der Waals surface area contributed by atoms with Crippen molar-refractivity contribution in [2.24, 2.45) is 5.92 Å². The maximum atomic E-state index is 11.1. The number of hydrogen-bond donors (Lipinski definition) is 4. The molecule has 0 bridgehead atoms. The van der Waals surface area contributed by atoms with Gasteiger partial charge in [0.25, 0.3) is 0 Å². The van der Waals surface area contributed by atoms with Crippen molar-refractivity contribution in [3.05, 3.63) is 107 Å². The molecule has 38 heavy (non-hydrogen) atoms. The Kier molecular flexibility index (Phi) is 7.31. The van der Waals surface area contributed by atoms with E-state index in [1.54, 1.807) is 49.6 Å². The first-order chi connectivity index (χ1) is 18.4. The van der Waals surface area contributed by atoms with Crippen LogP contribution < -0.4 is 9.47 Å². The molecule has 0 saturated carbocycles. The molecule has 6 nitrogen and oxygen atoms in total. The summed E-state index contributed by atoms with van der Waals surface area (Å²) in [5, 5.41) is 40.4. The molecule has 5 rings (SSSR count). The fourth-order valence-corrected chi connectivity index (χ4v) is 5.33. The average Bonchev–Trinajstić information content (AvgIpc) is 2.92. The molecule has 0 amide bonds. The molecular weight excluding hydrogens is 480 g/mol. The number of ether oxygens (including phenoxy) is 2. The Bertz CT molecular complexity index is 1400. The Labute approximate surface area is 222 Å². The summed E-state index contributed by atoms with van der Waals surface area (Å²) in [5.41, 5.74) is 4.94. The van der Waals surface area contributed by atoms with Crippen LogP contribution in [0.5, 0.6) is 34.5 Å². The third-order valence-electron chi connectivity index (χ3n) is 7.30. The van der Waals surface area contributed by atoms with E-state index in [1.807, 2.05) is 30.3 Å². The van der Waals surface area contributed by atoms with Crippen LogP contribution in [0.3, 0.4) is 0 Å². The lowest BCUT2D eigenvalue weighted by Crippen LogP contribution is -2.23. The number of fused-ring (bicyclic) bond motifs is 1. The minimum absolute atomic E-state index is 0.142. The fraction of sp³-hybridized carbons (Fsp3) is 0.250.